The van der Waals surface area contributed by atoms with E-state index >= 15 is 0 Å². The Morgan fingerprint density at radius 1 is 0.955 bits per heavy atom. The molecule has 0 atom stereocenters. The molecule has 0 spiro atoms. The van der Waals surface area contributed by atoms with Crippen molar-refractivity contribution < 1.29 is 10.2 Å². The van der Waals surface area contributed by atoms with Crippen LogP contribution in [-0.2, 0) is 5.41 Å². The number of phenolic OH excluding ortho intramolecular Hbond substituents is 2. The molecule has 114 valence electrons. The molecule has 0 aromatic heterocycles. The number of phenols is 2. The maximum Gasteiger partial charge on any atom is 0.314 e. The van der Waals surface area contributed by atoms with E-state index in [1.54, 1.807) is 48.5 Å². The largest absolute Gasteiger partial charge is 0.508 e. The van der Waals surface area contributed by atoms with Gasteiger partial charge in [-0.3, -0.25) is 0 Å². The predicted molar refractivity (Wildman–Crippen MR) is 87.1 cm³/mol. The van der Waals surface area contributed by atoms with Crippen molar-refractivity contribution in [3.63, 3.8) is 0 Å². The Hall–Kier alpha value is -2.67. The normalized spacial score (nSPS) is 10.8. The molecular formula is C18H19NO3. The minimum Gasteiger partial charge on any atom is -0.508 e. The molecule has 0 fully saturated rings. The Balaban J connectivity index is 2.61. The van der Waals surface area contributed by atoms with Crippen LogP contribution in [-0.4, -0.2) is 10.2 Å². The number of hydrogen-bond donors (Lipinski definition) is 2. The zero-order valence-electron chi connectivity index (χ0n) is 12.5. The number of benzene rings is 2. The topological polar surface area (TPSA) is 67.9 Å². The van der Waals surface area contributed by atoms with Crippen LogP contribution in [0.5, 0.6) is 11.5 Å². The first-order valence-corrected chi connectivity index (χ1v) is 7.31. The summed E-state index contributed by atoms with van der Waals surface area (Å²) in [7, 11) is 0. The Bertz CT molecular complexity index is 621. The highest BCUT2D eigenvalue weighted by molar-refractivity contribution is 5.49. The fourth-order valence-electron chi connectivity index (χ4n) is 2.65. The fourth-order valence-corrected chi connectivity index (χ4v) is 2.65. The molecule has 0 bridgehead atoms. The lowest BCUT2D eigenvalue weighted by atomic mass is 9.72. The van der Waals surface area contributed by atoms with Crippen LogP contribution < -0.4 is 0 Å². The van der Waals surface area contributed by atoms with Crippen molar-refractivity contribution in [3.05, 3.63) is 69.9 Å². The highest BCUT2D eigenvalue weighted by atomic mass is 16.4. The van der Waals surface area contributed by atoms with Gasteiger partial charge in [-0.15, -0.1) is 0 Å². The van der Waals surface area contributed by atoms with E-state index in [0.717, 1.165) is 24.0 Å². The van der Waals surface area contributed by atoms with E-state index in [2.05, 4.69) is 18.0 Å². The molecular weight excluding hydrogens is 278 g/mol. The molecule has 2 aromatic rings. The van der Waals surface area contributed by atoms with Crippen molar-refractivity contribution in [1.82, 2.24) is 0 Å². The van der Waals surface area contributed by atoms with E-state index in [1.165, 1.54) is 0 Å². The van der Waals surface area contributed by atoms with E-state index in [9.17, 15) is 15.4 Å². The first-order chi connectivity index (χ1) is 10.6. The van der Waals surface area contributed by atoms with Crippen molar-refractivity contribution in [2.75, 3.05) is 0 Å². The number of hydrogen-bond acceptors (Lipinski definition) is 3. The molecule has 0 radical (unpaired) electrons. The van der Waals surface area contributed by atoms with Gasteiger partial charge in [-0.1, -0.05) is 44.0 Å². The van der Waals surface area contributed by atoms with Gasteiger partial charge in [0.25, 0.3) is 0 Å². The van der Waals surface area contributed by atoms with Gasteiger partial charge in [0.2, 0.25) is 0 Å². The molecule has 0 heterocycles. The van der Waals surface area contributed by atoms with Crippen molar-refractivity contribution in [3.8, 4) is 17.6 Å². The molecule has 0 aliphatic carbocycles. The van der Waals surface area contributed by atoms with Gasteiger partial charge in [-0.2, -0.15) is 0 Å². The van der Waals surface area contributed by atoms with Crippen LogP contribution in [0.3, 0.4) is 0 Å². The molecule has 22 heavy (non-hydrogen) atoms. The lowest BCUT2D eigenvalue weighted by molar-refractivity contribution is 0.473. The summed E-state index contributed by atoms with van der Waals surface area (Å²) in [6.07, 6.45) is 2.54. The molecule has 0 aliphatic rings. The van der Waals surface area contributed by atoms with E-state index in [1.807, 2.05) is 0 Å². The average molecular weight is 297 g/mol. The Labute approximate surface area is 130 Å². The van der Waals surface area contributed by atoms with Crippen LogP contribution in [0.4, 0.5) is 0 Å². The Kier molecular flexibility index (Phi) is 4.90. The van der Waals surface area contributed by atoms with Crippen molar-refractivity contribution in [2.45, 2.75) is 31.6 Å². The van der Waals surface area contributed by atoms with Crippen LogP contribution in [0.25, 0.3) is 5.01 Å². The average Bonchev–Trinajstić information content (AvgIpc) is 2.53. The number of aromatic hydroxyl groups is 2. The molecule has 0 amide bonds. The first-order valence-electron chi connectivity index (χ1n) is 7.31. The first kappa shape index (κ1) is 15.7. The van der Waals surface area contributed by atoms with Crippen LogP contribution in [0, 0.1) is 11.3 Å². The van der Waals surface area contributed by atoms with E-state index in [0.29, 0.717) is 6.42 Å². The molecule has 4 heteroatoms. The Morgan fingerprint density at radius 3 is 1.77 bits per heavy atom. The van der Waals surface area contributed by atoms with Crippen molar-refractivity contribution >= 4 is 0 Å². The minimum absolute atomic E-state index is 0.165. The van der Waals surface area contributed by atoms with Gasteiger partial charge in [0, 0.05) is 5.01 Å². The Morgan fingerprint density at radius 2 is 1.41 bits per heavy atom. The predicted octanol–water partition coefficient (Wildman–Crippen LogP) is 4.40. The second-order valence-electron chi connectivity index (χ2n) is 5.31. The maximum atomic E-state index is 11.0. The van der Waals surface area contributed by atoms with Crippen LogP contribution >= 0.6 is 0 Å². The second kappa shape index (κ2) is 6.86. The van der Waals surface area contributed by atoms with Gasteiger partial charge < -0.3 is 15.4 Å². The van der Waals surface area contributed by atoms with Crippen LogP contribution in [0.1, 0.15) is 37.3 Å². The van der Waals surface area contributed by atoms with E-state index in [-0.39, 0.29) is 11.5 Å². The quantitative estimate of drug-likeness (QED) is 0.803. The van der Waals surface area contributed by atoms with Crippen molar-refractivity contribution in [2.24, 2.45) is 0 Å². The van der Waals surface area contributed by atoms with Crippen LogP contribution in [0.2, 0.25) is 0 Å². The molecule has 0 saturated carbocycles. The van der Waals surface area contributed by atoms with Crippen molar-refractivity contribution in [1.29, 1.82) is 0 Å². The number of rotatable bonds is 5. The van der Waals surface area contributed by atoms with Gasteiger partial charge in [0.1, 0.15) is 11.5 Å². The lowest BCUT2D eigenvalue weighted by Gasteiger charge is -2.25. The molecule has 4 nitrogen and oxygen atoms in total. The molecule has 2 rings (SSSR count). The van der Waals surface area contributed by atoms with Gasteiger partial charge in [0.05, 0.1) is 0 Å². The summed E-state index contributed by atoms with van der Waals surface area (Å²) in [5, 5.41) is 32.9. The zero-order chi connectivity index (χ0) is 16.0. The molecule has 2 aromatic carbocycles. The van der Waals surface area contributed by atoms with Gasteiger partial charge in [0.15, 0.2) is 5.41 Å². The SMILES string of the molecule is CCCCC(C#[N+][O-])(c1ccc(O)cc1)c1ccc(O)cc1. The maximum absolute atomic E-state index is 11.0. The van der Waals surface area contributed by atoms with Crippen LogP contribution in [0.15, 0.2) is 48.5 Å². The third-order valence-electron chi connectivity index (χ3n) is 3.86. The van der Waals surface area contributed by atoms with Gasteiger partial charge >= 0.3 is 6.07 Å². The summed E-state index contributed by atoms with van der Waals surface area (Å²) < 4.78 is 0. The van der Waals surface area contributed by atoms with E-state index in [4.69, 9.17) is 0 Å². The lowest BCUT2D eigenvalue weighted by Crippen LogP contribution is -2.25. The third-order valence-corrected chi connectivity index (χ3v) is 3.86. The molecule has 0 aliphatic heterocycles. The fraction of sp³-hybridized carbons (Fsp3) is 0.278. The minimum atomic E-state index is -0.779. The monoisotopic (exact) mass is 297 g/mol. The molecule has 2 N–H and O–H groups in total. The molecule has 0 saturated heterocycles. The molecule has 0 unspecified atom stereocenters. The standard InChI is InChI=1S/C18H19NO3/c1-2-3-12-18(13-19-22,14-4-8-16(20)9-5-14)15-6-10-17(21)11-7-15/h4-11,20-21H,2-3,12H2,1H3. The van der Waals surface area contributed by atoms with Gasteiger partial charge in [-0.05, 0) is 41.8 Å². The summed E-state index contributed by atoms with van der Waals surface area (Å²) in [6.45, 7) is 2.08. The zero-order valence-corrected chi connectivity index (χ0v) is 12.5. The van der Waals surface area contributed by atoms with Gasteiger partial charge in [-0.25, -0.2) is 0 Å². The second-order valence-corrected chi connectivity index (χ2v) is 5.31. The summed E-state index contributed by atoms with van der Waals surface area (Å²) in [4.78, 5) is 0. The highest BCUT2D eigenvalue weighted by Gasteiger charge is 2.38. The summed E-state index contributed by atoms with van der Waals surface area (Å²) in [5.41, 5.74) is 0.896. The highest BCUT2D eigenvalue weighted by Crippen LogP contribution is 2.38. The number of unbranched alkanes of at least 4 members (excludes halogenated alkanes) is 1. The number of nitrogens with zero attached hydrogens (tertiary/aromatic N) is 1. The smallest absolute Gasteiger partial charge is 0.314 e. The summed E-state index contributed by atoms with van der Waals surface area (Å²) in [5.74, 6) is 0.329. The summed E-state index contributed by atoms with van der Waals surface area (Å²) in [6, 6.07) is 16.1. The third kappa shape index (κ3) is 3.15. The van der Waals surface area contributed by atoms with E-state index < -0.39 is 5.41 Å². The summed E-state index contributed by atoms with van der Waals surface area (Å²) >= 11 is 0.